The maximum Gasteiger partial charge on any atom is 0.267 e. The predicted molar refractivity (Wildman–Crippen MR) is 98.1 cm³/mol. The second-order valence-electron chi connectivity index (χ2n) is 5.72. The molecule has 0 atom stereocenters. The number of benzene rings is 1. The highest BCUT2D eigenvalue weighted by atomic mass is 35.5. The number of rotatable bonds is 6. The van der Waals surface area contributed by atoms with Gasteiger partial charge in [-0.1, -0.05) is 32.4 Å². The summed E-state index contributed by atoms with van der Waals surface area (Å²) in [4.78, 5) is 29.0. The fraction of sp³-hybridized carbons (Fsp3) is 0.353. The standard InChI is InChI=1S/C17H20ClN3O2S/c1-4-15-19-9-14(24-15)17(23)21-11-5-6-12(13(18)7-11)16(22)20-8-10(2)3/h5-7,9-10H,4,8H2,1-3H3,(H,20,22)(H,21,23). The Labute approximate surface area is 150 Å². The van der Waals surface area contributed by atoms with Crippen LogP contribution in [0.5, 0.6) is 0 Å². The van der Waals surface area contributed by atoms with E-state index in [-0.39, 0.29) is 11.8 Å². The number of thiazole rings is 1. The lowest BCUT2D eigenvalue weighted by atomic mass is 10.1. The summed E-state index contributed by atoms with van der Waals surface area (Å²) in [6, 6.07) is 4.85. The number of halogens is 1. The SMILES string of the molecule is CCc1ncc(C(=O)Nc2ccc(C(=O)NCC(C)C)c(Cl)c2)s1. The molecule has 7 heteroatoms. The number of hydrogen-bond donors (Lipinski definition) is 2. The molecule has 2 rings (SSSR count). The first kappa shape index (κ1) is 18.4. The largest absolute Gasteiger partial charge is 0.352 e. The van der Waals surface area contributed by atoms with E-state index in [9.17, 15) is 9.59 Å². The number of aromatic nitrogens is 1. The molecule has 24 heavy (non-hydrogen) atoms. The van der Waals surface area contributed by atoms with Crippen LogP contribution >= 0.6 is 22.9 Å². The first-order valence-electron chi connectivity index (χ1n) is 7.74. The van der Waals surface area contributed by atoms with E-state index in [0.29, 0.717) is 33.6 Å². The lowest BCUT2D eigenvalue weighted by molar-refractivity contribution is 0.0948. The van der Waals surface area contributed by atoms with E-state index in [1.54, 1.807) is 24.4 Å². The van der Waals surface area contributed by atoms with Crippen molar-refractivity contribution in [2.75, 3.05) is 11.9 Å². The third-order valence-corrected chi connectivity index (χ3v) is 4.68. The predicted octanol–water partition coefficient (Wildman–Crippen LogP) is 4.00. The number of hydrogen-bond acceptors (Lipinski definition) is 4. The second-order valence-corrected chi connectivity index (χ2v) is 7.25. The van der Waals surface area contributed by atoms with Crippen LogP contribution in [0.1, 0.15) is 45.8 Å². The minimum absolute atomic E-state index is 0.221. The van der Waals surface area contributed by atoms with Gasteiger partial charge in [0.1, 0.15) is 4.88 Å². The maximum atomic E-state index is 12.2. The molecular formula is C17H20ClN3O2S. The number of amides is 2. The van der Waals surface area contributed by atoms with Crippen molar-refractivity contribution in [3.05, 3.63) is 44.9 Å². The summed E-state index contributed by atoms with van der Waals surface area (Å²) in [5.74, 6) is -0.0967. The van der Waals surface area contributed by atoms with E-state index < -0.39 is 0 Å². The molecule has 0 fully saturated rings. The minimum Gasteiger partial charge on any atom is -0.352 e. The van der Waals surface area contributed by atoms with Crippen molar-refractivity contribution in [2.45, 2.75) is 27.2 Å². The molecule has 2 aromatic rings. The highest BCUT2D eigenvalue weighted by Crippen LogP contribution is 2.22. The van der Waals surface area contributed by atoms with Crippen LogP contribution < -0.4 is 10.6 Å². The maximum absolute atomic E-state index is 12.2. The Morgan fingerprint density at radius 1 is 1.29 bits per heavy atom. The van der Waals surface area contributed by atoms with Crippen molar-refractivity contribution in [3.63, 3.8) is 0 Å². The van der Waals surface area contributed by atoms with E-state index in [1.165, 1.54) is 11.3 Å². The van der Waals surface area contributed by atoms with Crippen LogP contribution in [-0.4, -0.2) is 23.3 Å². The number of nitrogens with zero attached hydrogens (tertiary/aromatic N) is 1. The Kier molecular flexibility index (Phi) is 6.34. The van der Waals surface area contributed by atoms with Gasteiger partial charge in [-0.25, -0.2) is 4.98 Å². The highest BCUT2D eigenvalue weighted by molar-refractivity contribution is 7.13. The fourth-order valence-electron chi connectivity index (χ4n) is 1.94. The Morgan fingerprint density at radius 3 is 2.62 bits per heavy atom. The molecule has 0 bridgehead atoms. The summed E-state index contributed by atoms with van der Waals surface area (Å²) in [6.07, 6.45) is 2.36. The van der Waals surface area contributed by atoms with Gasteiger partial charge in [-0.05, 0) is 30.5 Å². The number of aryl methyl sites for hydroxylation is 1. The summed E-state index contributed by atoms with van der Waals surface area (Å²) in [7, 11) is 0. The lowest BCUT2D eigenvalue weighted by Crippen LogP contribution is -2.27. The normalized spacial score (nSPS) is 10.7. The van der Waals surface area contributed by atoms with E-state index in [2.05, 4.69) is 15.6 Å². The van der Waals surface area contributed by atoms with Crippen molar-refractivity contribution in [1.29, 1.82) is 0 Å². The topological polar surface area (TPSA) is 71.1 Å². The zero-order valence-corrected chi connectivity index (χ0v) is 15.4. The van der Waals surface area contributed by atoms with Gasteiger partial charge in [-0.3, -0.25) is 9.59 Å². The number of carbonyl (C=O) groups excluding carboxylic acids is 2. The third kappa shape index (κ3) is 4.79. The molecule has 0 radical (unpaired) electrons. The van der Waals surface area contributed by atoms with Crippen LogP contribution in [0.3, 0.4) is 0 Å². The van der Waals surface area contributed by atoms with Gasteiger partial charge < -0.3 is 10.6 Å². The smallest absolute Gasteiger partial charge is 0.267 e. The molecule has 0 spiro atoms. The summed E-state index contributed by atoms with van der Waals surface area (Å²) in [5.41, 5.74) is 0.929. The van der Waals surface area contributed by atoms with Crippen LogP contribution in [0.25, 0.3) is 0 Å². The average molecular weight is 366 g/mol. The Balaban J connectivity index is 2.06. The van der Waals surface area contributed by atoms with Gasteiger partial charge in [-0.2, -0.15) is 0 Å². The summed E-state index contributed by atoms with van der Waals surface area (Å²) in [5, 5.41) is 6.80. The van der Waals surface area contributed by atoms with Crippen LogP contribution in [-0.2, 0) is 6.42 Å². The van der Waals surface area contributed by atoms with Gasteiger partial charge in [0.15, 0.2) is 0 Å². The first-order chi connectivity index (χ1) is 11.4. The zero-order valence-electron chi connectivity index (χ0n) is 13.9. The monoisotopic (exact) mass is 365 g/mol. The van der Waals surface area contributed by atoms with Gasteiger partial charge >= 0.3 is 0 Å². The van der Waals surface area contributed by atoms with E-state index >= 15 is 0 Å². The number of carbonyl (C=O) groups is 2. The van der Waals surface area contributed by atoms with Crippen molar-refractivity contribution in [2.24, 2.45) is 5.92 Å². The van der Waals surface area contributed by atoms with Gasteiger partial charge in [0, 0.05) is 12.2 Å². The van der Waals surface area contributed by atoms with E-state index in [1.807, 2.05) is 20.8 Å². The molecule has 0 aliphatic heterocycles. The van der Waals surface area contributed by atoms with Gasteiger partial charge in [-0.15, -0.1) is 11.3 Å². The molecule has 0 saturated carbocycles. The molecule has 1 aromatic carbocycles. The fourth-order valence-corrected chi connectivity index (χ4v) is 2.96. The zero-order chi connectivity index (χ0) is 17.7. The molecule has 128 valence electrons. The van der Waals surface area contributed by atoms with Crippen molar-refractivity contribution < 1.29 is 9.59 Å². The summed E-state index contributed by atoms with van der Waals surface area (Å²) in [6.45, 7) is 6.61. The second kappa shape index (κ2) is 8.26. The molecule has 0 aliphatic rings. The Morgan fingerprint density at radius 2 is 2.04 bits per heavy atom. The first-order valence-corrected chi connectivity index (χ1v) is 8.94. The highest BCUT2D eigenvalue weighted by Gasteiger charge is 2.14. The number of anilines is 1. The Hall–Kier alpha value is -1.92. The Bertz CT molecular complexity index is 743. The van der Waals surface area contributed by atoms with Gasteiger partial charge in [0.25, 0.3) is 11.8 Å². The van der Waals surface area contributed by atoms with Crippen molar-refractivity contribution >= 4 is 40.4 Å². The van der Waals surface area contributed by atoms with Crippen molar-refractivity contribution in [3.8, 4) is 0 Å². The minimum atomic E-state index is -0.236. The average Bonchev–Trinajstić information content (AvgIpc) is 3.02. The molecule has 5 nitrogen and oxygen atoms in total. The van der Waals surface area contributed by atoms with Crippen LogP contribution in [0, 0.1) is 5.92 Å². The molecule has 0 saturated heterocycles. The van der Waals surface area contributed by atoms with E-state index in [0.717, 1.165) is 11.4 Å². The van der Waals surface area contributed by atoms with Gasteiger partial charge in [0.05, 0.1) is 21.8 Å². The van der Waals surface area contributed by atoms with Crippen molar-refractivity contribution in [1.82, 2.24) is 10.3 Å². The van der Waals surface area contributed by atoms with Crippen LogP contribution in [0.15, 0.2) is 24.4 Å². The third-order valence-electron chi connectivity index (χ3n) is 3.22. The molecule has 1 heterocycles. The molecular weight excluding hydrogens is 346 g/mol. The quantitative estimate of drug-likeness (QED) is 0.812. The summed E-state index contributed by atoms with van der Waals surface area (Å²) >= 11 is 7.54. The molecule has 0 aliphatic carbocycles. The summed E-state index contributed by atoms with van der Waals surface area (Å²) < 4.78 is 0. The van der Waals surface area contributed by atoms with Crippen LogP contribution in [0.4, 0.5) is 5.69 Å². The van der Waals surface area contributed by atoms with Crippen LogP contribution in [0.2, 0.25) is 5.02 Å². The lowest BCUT2D eigenvalue weighted by Gasteiger charge is -2.10. The van der Waals surface area contributed by atoms with Gasteiger partial charge in [0.2, 0.25) is 0 Å². The molecule has 2 amide bonds. The molecule has 0 unspecified atom stereocenters. The number of nitrogens with one attached hydrogen (secondary N) is 2. The molecule has 1 aromatic heterocycles. The molecule has 2 N–H and O–H groups in total. The van der Waals surface area contributed by atoms with E-state index in [4.69, 9.17) is 11.6 Å².